The summed E-state index contributed by atoms with van der Waals surface area (Å²) in [5.74, 6) is 0.552. The summed E-state index contributed by atoms with van der Waals surface area (Å²) in [6.07, 6.45) is 0. The number of carbonyl (C=O) groups excluding carboxylic acids is 1. The number of carbonyl (C=O) groups is 1. The minimum atomic E-state index is -0.297. The minimum Gasteiger partial charge on any atom is -0.460 e. The number of benzene rings is 3. The molecule has 1 heterocycles. The number of nitrogens with zero attached hydrogens (tertiary/aromatic N) is 3. The number of thioether (sulfide) groups is 1. The lowest BCUT2D eigenvalue weighted by Crippen LogP contribution is -2.08. The Balaban J connectivity index is 1.55. The Morgan fingerprint density at radius 3 is 2.30 bits per heavy atom. The van der Waals surface area contributed by atoms with Gasteiger partial charge in [-0.05, 0) is 23.8 Å². The number of para-hydroxylation sites is 1. The fourth-order valence-electron chi connectivity index (χ4n) is 2.89. The molecule has 1 aromatic heterocycles. The summed E-state index contributed by atoms with van der Waals surface area (Å²) in [6.45, 7) is 0.258. The van der Waals surface area contributed by atoms with Gasteiger partial charge in [0.15, 0.2) is 11.0 Å². The zero-order valence-electron chi connectivity index (χ0n) is 15.9. The van der Waals surface area contributed by atoms with Crippen LogP contribution in [0.25, 0.3) is 17.1 Å². The van der Waals surface area contributed by atoms with Gasteiger partial charge in [0.2, 0.25) is 0 Å². The van der Waals surface area contributed by atoms with E-state index in [1.165, 1.54) is 11.8 Å². The Hall–Kier alpha value is -2.90. The fraction of sp³-hybridized carbons (Fsp3) is 0.0870. The molecule has 150 valence electrons. The predicted octanol–water partition coefficient (Wildman–Crippen LogP) is 5.53. The Bertz CT molecular complexity index is 1130. The van der Waals surface area contributed by atoms with E-state index in [0.717, 1.165) is 21.3 Å². The van der Waals surface area contributed by atoms with E-state index in [4.69, 9.17) is 4.74 Å². The second kappa shape index (κ2) is 9.73. The maximum atomic E-state index is 12.3. The van der Waals surface area contributed by atoms with Crippen LogP contribution in [0, 0.1) is 0 Å². The standard InChI is InChI=1S/C23H18BrN3O2S/c24-20-14-8-7-13-19(20)22-25-26-23(27(22)18-11-5-2-6-12-18)30-16-21(28)29-15-17-9-3-1-4-10-17/h1-14H,15-16H2. The normalized spacial score (nSPS) is 10.7. The molecule has 5 nitrogen and oxygen atoms in total. The van der Waals surface area contributed by atoms with Crippen LogP contribution in [0.1, 0.15) is 5.56 Å². The predicted molar refractivity (Wildman–Crippen MR) is 121 cm³/mol. The number of hydrogen-bond acceptors (Lipinski definition) is 5. The molecule has 0 amide bonds. The SMILES string of the molecule is O=C(CSc1nnc(-c2ccccc2Br)n1-c1ccccc1)OCc1ccccc1. The summed E-state index contributed by atoms with van der Waals surface area (Å²) >= 11 is 4.90. The summed E-state index contributed by atoms with van der Waals surface area (Å²) < 4.78 is 8.26. The van der Waals surface area contributed by atoms with Crippen LogP contribution in [0.5, 0.6) is 0 Å². The molecule has 0 radical (unpaired) electrons. The van der Waals surface area contributed by atoms with Gasteiger partial charge in [-0.2, -0.15) is 0 Å². The van der Waals surface area contributed by atoms with E-state index in [-0.39, 0.29) is 18.3 Å². The monoisotopic (exact) mass is 479 g/mol. The summed E-state index contributed by atoms with van der Waals surface area (Å²) in [5, 5.41) is 9.38. The molecule has 30 heavy (non-hydrogen) atoms. The largest absolute Gasteiger partial charge is 0.460 e. The number of ether oxygens (including phenoxy) is 1. The number of rotatable bonds is 7. The average Bonchev–Trinajstić information content (AvgIpc) is 3.21. The first-order valence-electron chi connectivity index (χ1n) is 9.30. The van der Waals surface area contributed by atoms with Crippen LogP contribution in [0.2, 0.25) is 0 Å². The van der Waals surface area contributed by atoms with Gasteiger partial charge in [0.25, 0.3) is 0 Å². The molecular weight excluding hydrogens is 462 g/mol. The molecule has 0 unspecified atom stereocenters. The Labute approximate surface area is 187 Å². The van der Waals surface area contributed by atoms with Crippen LogP contribution in [0.3, 0.4) is 0 Å². The van der Waals surface area contributed by atoms with Crippen molar-refractivity contribution in [3.63, 3.8) is 0 Å². The average molecular weight is 480 g/mol. The van der Waals surface area contributed by atoms with Gasteiger partial charge >= 0.3 is 5.97 Å². The van der Waals surface area contributed by atoms with Gasteiger partial charge in [-0.25, -0.2) is 0 Å². The molecule has 4 rings (SSSR count). The van der Waals surface area contributed by atoms with Crippen LogP contribution in [0.4, 0.5) is 0 Å². The third-order valence-corrected chi connectivity index (χ3v) is 5.92. The summed E-state index contributed by atoms with van der Waals surface area (Å²) in [4.78, 5) is 12.3. The summed E-state index contributed by atoms with van der Waals surface area (Å²) in [5.41, 5.74) is 2.81. The van der Waals surface area contributed by atoms with Crippen LogP contribution < -0.4 is 0 Å². The highest BCUT2D eigenvalue weighted by molar-refractivity contribution is 9.10. The van der Waals surface area contributed by atoms with Gasteiger partial charge in [0, 0.05) is 15.7 Å². The molecule has 0 aliphatic carbocycles. The first-order valence-corrected chi connectivity index (χ1v) is 11.1. The second-order valence-electron chi connectivity index (χ2n) is 6.39. The quantitative estimate of drug-likeness (QED) is 0.257. The van der Waals surface area contributed by atoms with Crippen molar-refractivity contribution in [1.82, 2.24) is 14.8 Å². The van der Waals surface area contributed by atoms with Crippen LogP contribution in [-0.2, 0) is 16.1 Å². The molecule has 0 N–H and O–H groups in total. The van der Waals surface area contributed by atoms with Gasteiger partial charge in [0.1, 0.15) is 6.61 Å². The zero-order chi connectivity index (χ0) is 20.8. The van der Waals surface area contributed by atoms with E-state index in [1.807, 2.05) is 89.5 Å². The molecule has 0 spiro atoms. The Morgan fingerprint density at radius 1 is 0.900 bits per heavy atom. The third-order valence-electron chi connectivity index (χ3n) is 4.32. The number of halogens is 1. The molecule has 0 aliphatic heterocycles. The van der Waals surface area contributed by atoms with Crippen molar-refractivity contribution in [3.8, 4) is 17.1 Å². The molecule has 0 saturated carbocycles. The van der Waals surface area contributed by atoms with E-state index < -0.39 is 0 Å². The van der Waals surface area contributed by atoms with Crippen LogP contribution in [0.15, 0.2) is 94.6 Å². The zero-order valence-corrected chi connectivity index (χ0v) is 18.3. The smallest absolute Gasteiger partial charge is 0.316 e. The molecule has 0 bridgehead atoms. The molecule has 0 saturated heterocycles. The Morgan fingerprint density at radius 2 is 1.57 bits per heavy atom. The lowest BCUT2D eigenvalue weighted by Gasteiger charge is -2.11. The second-order valence-corrected chi connectivity index (χ2v) is 8.19. The van der Waals surface area contributed by atoms with E-state index >= 15 is 0 Å². The molecule has 0 fully saturated rings. The fourth-order valence-corrected chi connectivity index (χ4v) is 4.11. The maximum Gasteiger partial charge on any atom is 0.316 e. The van der Waals surface area contributed by atoms with Crippen LogP contribution >= 0.6 is 27.7 Å². The van der Waals surface area contributed by atoms with Crippen LogP contribution in [-0.4, -0.2) is 26.5 Å². The third kappa shape index (κ3) is 4.80. The number of hydrogen-bond donors (Lipinski definition) is 0. The van der Waals surface area contributed by atoms with Crippen molar-refractivity contribution in [3.05, 3.63) is 95.0 Å². The van der Waals surface area contributed by atoms with Gasteiger partial charge in [-0.1, -0.05) is 94.4 Å². The minimum absolute atomic E-state index is 0.147. The van der Waals surface area contributed by atoms with Gasteiger partial charge in [0.05, 0.1) is 5.75 Å². The highest BCUT2D eigenvalue weighted by Gasteiger charge is 2.19. The highest BCUT2D eigenvalue weighted by Crippen LogP contribution is 2.32. The molecule has 3 aromatic carbocycles. The van der Waals surface area contributed by atoms with Gasteiger partial charge < -0.3 is 4.74 Å². The topological polar surface area (TPSA) is 57.0 Å². The Kier molecular flexibility index (Phi) is 6.61. The van der Waals surface area contributed by atoms with Crippen molar-refractivity contribution < 1.29 is 9.53 Å². The molecule has 0 aliphatic rings. The van der Waals surface area contributed by atoms with Crippen molar-refractivity contribution in [2.45, 2.75) is 11.8 Å². The van der Waals surface area contributed by atoms with Crippen molar-refractivity contribution in [2.75, 3.05) is 5.75 Å². The van der Waals surface area contributed by atoms with Crippen molar-refractivity contribution >= 4 is 33.7 Å². The number of aromatic nitrogens is 3. The molecule has 7 heteroatoms. The first-order chi connectivity index (χ1) is 14.7. The van der Waals surface area contributed by atoms with E-state index in [0.29, 0.717) is 11.0 Å². The van der Waals surface area contributed by atoms with E-state index in [2.05, 4.69) is 26.1 Å². The molecular formula is C23H18BrN3O2S. The van der Waals surface area contributed by atoms with Gasteiger partial charge in [-0.3, -0.25) is 9.36 Å². The van der Waals surface area contributed by atoms with Crippen molar-refractivity contribution in [2.24, 2.45) is 0 Å². The summed E-state index contributed by atoms with van der Waals surface area (Å²) in [7, 11) is 0. The lowest BCUT2D eigenvalue weighted by molar-refractivity contribution is -0.141. The maximum absolute atomic E-state index is 12.3. The highest BCUT2D eigenvalue weighted by atomic mass is 79.9. The first kappa shape index (κ1) is 20.4. The van der Waals surface area contributed by atoms with E-state index in [9.17, 15) is 4.79 Å². The van der Waals surface area contributed by atoms with Crippen molar-refractivity contribution in [1.29, 1.82) is 0 Å². The lowest BCUT2D eigenvalue weighted by atomic mass is 10.2. The molecule has 4 aromatic rings. The molecule has 0 atom stereocenters. The van der Waals surface area contributed by atoms with Gasteiger partial charge in [-0.15, -0.1) is 10.2 Å². The number of esters is 1. The summed E-state index contributed by atoms with van der Waals surface area (Å²) in [6, 6.07) is 27.3. The van der Waals surface area contributed by atoms with E-state index in [1.54, 1.807) is 0 Å².